The highest BCUT2D eigenvalue weighted by atomic mass is 79.9. The number of aliphatic hydroxyl groups excluding tert-OH is 1. The summed E-state index contributed by atoms with van der Waals surface area (Å²) in [5.41, 5.74) is 1.95. The third-order valence-corrected chi connectivity index (χ3v) is 2.68. The van der Waals surface area contributed by atoms with Crippen molar-refractivity contribution in [2.45, 2.75) is 6.42 Å². The van der Waals surface area contributed by atoms with Crippen molar-refractivity contribution in [3.05, 3.63) is 40.8 Å². The Balaban J connectivity index is 2.36. The van der Waals surface area contributed by atoms with Gasteiger partial charge in [-0.05, 0) is 15.9 Å². The molecule has 0 radical (unpaired) electrons. The summed E-state index contributed by atoms with van der Waals surface area (Å²) in [6, 6.07) is 9.93. The quantitative estimate of drug-likeness (QED) is 0.896. The predicted octanol–water partition coefficient (Wildman–Crippen LogP) is 2.37. The van der Waals surface area contributed by atoms with Crippen molar-refractivity contribution in [3.8, 4) is 11.3 Å². The minimum absolute atomic E-state index is 0.105. The lowest BCUT2D eigenvalue weighted by molar-refractivity contribution is 0.297. The van der Waals surface area contributed by atoms with E-state index in [0.29, 0.717) is 6.42 Å². The molecule has 0 aliphatic rings. The van der Waals surface area contributed by atoms with Crippen LogP contribution < -0.4 is 0 Å². The number of aliphatic hydroxyl groups is 1. The summed E-state index contributed by atoms with van der Waals surface area (Å²) < 4.78 is 0.858. The lowest BCUT2D eigenvalue weighted by Crippen LogP contribution is -1.92. The van der Waals surface area contributed by atoms with E-state index in [1.165, 1.54) is 0 Å². The van der Waals surface area contributed by atoms with Gasteiger partial charge in [0, 0.05) is 12.0 Å². The number of halogens is 1. The Bertz CT molecular complexity index is 439. The van der Waals surface area contributed by atoms with Gasteiger partial charge in [-0.1, -0.05) is 30.3 Å². The second kappa shape index (κ2) is 4.59. The van der Waals surface area contributed by atoms with Crippen LogP contribution in [0.15, 0.2) is 34.9 Å². The van der Waals surface area contributed by atoms with Gasteiger partial charge in [0.25, 0.3) is 0 Å². The number of H-pyrrole nitrogens is 1. The van der Waals surface area contributed by atoms with Gasteiger partial charge < -0.3 is 10.1 Å². The fourth-order valence-corrected chi connectivity index (χ4v) is 1.96. The highest BCUT2D eigenvalue weighted by Gasteiger charge is 2.08. The maximum Gasteiger partial charge on any atom is 0.110 e. The van der Waals surface area contributed by atoms with Gasteiger partial charge in [-0.2, -0.15) is 0 Å². The SMILES string of the molecule is OCCc1nc(-c2ccccc2)c(Br)[nH]1. The van der Waals surface area contributed by atoms with Crippen molar-refractivity contribution >= 4 is 15.9 Å². The molecule has 0 atom stereocenters. The molecule has 2 aromatic rings. The average Bonchev–Trinajstić information content (AvgIpc) is 2.61. The molecule has 2 rings (SSSR count). The molecule has 0 unspecified atom stereocenters. The third kappa shape index (κ3) is 2.27. The van der Waals surface area contributed by atoms with Gasteiger partial charge in [0.15, 0.2) is 0 Å². The van der Waals surface area contributed by atoms with E-state index in [1.54, 1.807) is 0 Å². The van der Waals surface area contributed by atoms with Gasteiger partial charge in [-0.15, -0.1) is 0 Å². The summed E-state index contributed by atoms with van der Waals surface area (Å²) in [6.45, 7) is 0.105. The van der Waals surface area contributed by atoms with Crippen LogP contribution in [0.4, 0.5) is 0 Å². The van der Waals surface area contributed by atoms with Crippen LogP contribution in [0.5, 0.6) is 0 Å². The van der Waals surface area contributed by atoms with Crippen LogP contribution in [-0.2, 0) is 6.42 Å². The monoisotopic (exact) mass is 266 g/mol. The van der Waals surface area contributed by atoms with Gasteiger partial charge in [0.05, 0.1) is 6.61 Å². The normalized spacial score (nSPS) is 10.5. The summed E-state index contributed by atoms with van der Waals surface area (Å²) >= 11 is 3.42. The fourth-order valence-electron chi connectivity index (χ4n) is 1.41. The first-order chi connectivity index (χ1) is 7.31. The second-order valence-corrected chi connectivity index (χ2v) is 3.98. The standard InChI is InChI=1S/C11H11BrN2O/c12-11-10(8-4-2-1-3-5-8)13-9(14-11)6-7-15/h1-5,15H,6-7H2,(H,13,14). The molecule has 0 bridgehead atoms. The van der Waals surface area contributed by atoms with Crippen molar-refractivity contribution < 1.29 is 5.11 Å². The second-order valence-electron chi connectivity index (χ2n) is 3.19. The zero-order valence-corrected chi connectivity index (χ0v) is 9.66. The Hall–Kier alpha value is -1.13. The molecule has 0 amide bonds. The van der Waals surface area contributed by atoms with Crippen molar-refractivity contribution in [2.75, 3.05) is 6.61 Å². The Morgan fingerprint density at radius 2 is 2.00 bits per heavy atom. The Kier molecular flexibility index (Phi) is 3.18. The number of hydrogen-bond donors (Lipinski definition) is 2. The average molecular weight is 267 g/mol. The van der Waals surface area contributed by atoms with E-state index in [2.05, 4.69) is 25.9 Å². The largest absolute Gasteiger partial charge is 0.396 e. The van der Waals surface area contributed by atoms with Gasteiger partial charge in [-0.3, -0.25) is 0 Å². The smallest absolute Gasteiger partial charge is 0.110 e. The lowest BCUT2D eigenvalue weighted by Gasteiger charge is -1.95. The number of aromatic nitrogens is 2. The number of rotatable bonds is 3. The van der Waals surface area contributed by atoms with Crippen LogP contribution >= 0.6 is 15.9 Å². The Morgan fingerprint density at radius 1 is 1.27 bits per heavy atom. The number of benzene rings is 1. The zero-order valence-electron chi connectivity index (χ0n) is 8.07. The van der Waals surface area contributed by atoms with Gasteiger partial charge in [-0.25, -0.2) is 4.98 Å². The molecule has 0 aliphatic carbocycles. The Labute approximate surface area is 96.3 Å². The molecule has 4 heteroatoms. The van der Waals surface area contributed by atoms with Crippen LogP contribution in [0.25, 0.3) is 11.3 Å². The van der Waals surface area contributed by atoms with Crippen LogP contribution in [-0.4, -0.2) is 21.7 Å². The molecule has 0 spiro atoms. The van der Waals surface area contributed by atoms with E-state index < -0.39 is 0 Å². The summed E-state index contributed by atoms with van der Waals surface area (Å²) in [4.78, 5) is 7.50. The van der Waals surface area contributed by atoms with Gasteiger partial charge in [0.2, 0.25) is 0 Å². The maximum absolute atomic E-state index is 8.82. The predicted molar refractivity (Wildman–Crippen MR) is 62.5 cm³/mol. The first-order valence-electron chi connectivity index (χ1n) is 4.72. The molecule has 0 saturated carbocycles. The molecule has 78 valence electrons. The molecule has 1 aromatic carbocycles. The number of hydrogen-bond acceptors (Lipinski definition) is 2. The molecule has 1 heterocycles. The maximum atomic E-state index is 8.82. The van der Waals surface area contributed by atoms with Crippen molar-refractivity contribution in [3.63, 3.8) is 0 Å². The lowest BCUT2D eigenvalue weighted by atomic mass is 10.2. The third-order valence-electron chi connectivity index (χ3n) is 2.10. The van der Waals surface area contributed by atoms with Gasteiger partial charge >= 0.3 is 0 Å². The van der Waals surface area contributed by atoms with Gasteiger partial charge in [0.1, 0.15) is 16.1 Å². The summed E-state index contributed by atoms with van der Waals surface area (Å²) in [6.07, 6.45) is 0.547. The summed E-state index contributed by atoms with van der Waals surface area (Å²) in [7, 11) is 0. The van der Waals surface area contributed by atoms with E-state index in [9.17, 15) is 0 Å². The minimum Gasteiger partial charge on any atom is -0.396 e. The molecule has 15 heavy (non-hydrogen) atoms. The van der Waals surface area contributed by atoms with Crippen LogP contribution in [0.3, 0.4) is 0 Å². The topological polar surface area (TPSA) is 48.9 Å². The van der Waals surface area contributed by atoms with Crippen molar-refractivity contribution in [1.29, 1.82) is 0 Å². The highest BCUT2D eigenvalue weighted by molar-refractivity contribution is 9.10. The highest BCUT2D eigenvalue weighted by Crippen LogP contribution is 2.25. The fraction of sp³-hybridized carbons (Fsp3) is 0.182. The summed E-state index contributed by atoms with van der Waals surface area (Å²) in [5.74, 6) is 0.795. The molecule has 1 aromatic heterocycles. The van der Waals surface area contributed by atoms with Crippen LogP contribution in [0, 0.1) is 0 Å². The van der Waals surface area contributed by atoms with Crippen LogP contribution in [0.2, 0.25) is 0 Å². The first-order valence-corrected chi connectivity index (χ1v) is 5.51. The van der Waals surface area contributed by atoms with E-state index in [0.717, 1.165) is 21.7 Å². The number of nitrogens with one attached hydrogen (secondary N) is 1. The summed E-state index contributed by atoms with van der Waals surface area (Å²) in [5, 5.41) is 8.82. The first kappa shape index (κ1) is 10.4. The molecular weight excluding hydrogens is 256 g/mol. The molecule has 3 nitrogen and oxygen atoms in total. The van der Waals surface area contributed by atoms with E-state index in [-0.39, 0.29) is 6.61 Å². The Morgan fingerprint density at radius 3 is 2.67 bits per heavy atom. The molecule has 0 saturated heterocycles. The number of aromatic amines is 1. The number of nitrogens with zero attached hydrogens (tertiary/aromatic N) is 1. The molecule has 0 aliphatic heterocycles. The van der Waals surface area contributed by atoms with Crippen molar-refractivity contribution in [2.24, 2.45) is 0 Å². The van der Waals surface area contributed by atoms with Crippen molar-refractivity contribution in [1.82, 2.24) is 9.97 Å². The zero-order chi connectivity index (χ0) is 10.7. The molecular formula is C11H11BrN2O. The molecule has 2 N–H and O–H groups in total. The van der Waals surface area contributed by atoms with Crippen LogP contribution in [0.1, 0.15) is 5.82 Å². The van der Waals surface area contributed by atoms with E-state index >= 15 is 0 Å². The molecule has 0 fully saturated rings. The minimum atomic E-state index is 0.105. The van der Waals surface area contributed by atoms with E-state index in [4.69, 9.17) is 5.11 Å². The number of imidazole rings is 1. The van der Waals surface area contributed by atoms with E-state index in [1.807, 2.05) is 30.3 Å².